The van der Waals surface area contributed by atoms with Crippen molar-refractivity contribution in [1.82, 2.24) is 4.98 Å². The van der Waals surface area contributed by atoms with E-state index in [9.17, 15) is 4.79 Å². The molecule has 3 heteroatoms. The second kappa shape index (κ2) is 2.27. The molecule has 1 amide bonds. The van der Waals surface area contributed by atoms with E-state index in [-0.39, 0.29) is 5.91 Å². The quantitative estimate of drug-likeness (QED) is 0.631. The van der Waals surface area contributed by atoms with Gasteiger partial charge in [-0.15, -0.1) is 0 Å². The highest BCUT2D eigenvalue weighted by Gasteiger charge is 2.16. The number of aromatic nitrogens is 1. The molecule has 1 aliphatic heterocycles. The molecule has 0 unspecified atom stereocenters. The molecule has 1 N–H and O–H groups in total. The smallest absolute Gasteiger partial charge is 0.252 e. The number of carbonyl (C=O) groups excluding carboxylic acids is 1. The van der Waals surface area contributed by atoms with Gasteiger partial charge >= 0.3 is 0 Å². The van der Waals surface area contributed by atoms with Crippen LogP contribution >= 0.6 is 0 Å². The van der Waals surface area contributed by atoms with Crippen molar-refractivity contribution in [3.05, 3.63) is 30.5 Å². The van der Waals surface area contributed by atoms with E-state index < -0.39 is 0 Å². The zero-order valence-electron chi connectivity index (χ0n) is 5.95. The highest BCUT2D eigenvalue weighted by atomic mass is 16.2. The molecule has 0 atom stereocenters. The number of H-pyrrole nitrogens is 1. The summed E-state index contributed by atoms with van der Waals surface area (Å²) in [4.78, 5) is 15.7. The van der Waals surface area contributed by atoms with Crippen molar-refractivity contribution in [2.75, 3.05) is 11.4 Å². The normalized spacial score (nSPS) is 16.4. The Labute approximate surface area is 64.3 Å². The summed E-state index contributed by atoms with van der Waals surface area (Å²) < 4.78 is 0. The average Bonchev–Trinajstić information content (AvgIpc) is 2.55. The predicted octanol–water partition coefficient (Wildman–Crippen LogP) is 0.917. The summed E-state index contributed by atoms with van der Waals surface area (Å²) in [6, 6.07) is 3.76. The Morgan fingerprint density at radius 3 is 3.00 bits per heavy atom. The summed E-state index contributed by atoms with van der Waals surface area (Å²) in [6.07, 6.45) is 5.24. The highest BCUT2D eigenvalue weighted by Crippen LogP contribution is 2.13. The molecule has 56 valence electrons. The van der Waals surface area contributed by atoms with Crippen molar-refractivity contribution < 1.29 is 4.79 Å². The summed E-state index contributed by atoms with van der Waals surface area (Å²) >= 11 is 0. The van der Waals surface area contributed by atoms with Crippen molar-refractivity contribution in [1.29, 1.82) is 0 Å². The largest absolute Gasteiger partial charge is 0.348 e. The first-order valence-corrected chi connectivity index (χ1v) is 3.49. The van der Waals surface area contributed by atoms with Crippen LogP contribution in [0.1, 0.15) is 0 Å². The van der Waals surface area contributed by atoms with Crippen molar-refractivity contribution in [3.63, 3.8) is 0 Å². The van der Waals surface area contributed by atoms with Gasteiger partial charge in [0.15, 0.2) is 0 Å². The number of hydrogen-bond acceptors (Lipinski definition) is 1. The lowest BCUT2D eigenvalue weighted by Gasteiger charge is -2.11. The lowest BCUT2D eigenvalue weighted by atomic mass is 10.5. The number of rotatable bonds is 1. The first kappa shape index (κ1) is 6.22. The van der Waals surface area contributed by atoms with Crippen LogP contribution in [0.5, 0.6) is 0 Å². The topological polar surface area (TPSA) is 36.1 Å². The molecule has 1 aromatic rings. The van der Waals surface area contributed by atoms with Crippen LogP contribution in [0, 0.1) is 0 Å². The van der Waals surface area contributed by atoms with E-state index in [0.29, 0.717) is 6.54 Å². The maximum absolute atomic E-state index is 11.1. The number of nitrogens with one attached hydrogen (secondary N) is 1. The van der Waals surface area contributed by atoms with E-state index in [4.69, 9.17) is 0 Å². The Hall–Kier alpha value is -1.51. The van der Waals surface area contributed by atoms with Gasteiger partial charge in [0, 0.05) is 18.8 Å². The maximum Gasteiger partial charge on any atom is 0.252 e. The van der Waals surface area contributed by atoms with Crippen LogP contribution in [0.15, 0.2) is 30.5 Å². The standard InChI is InChI=1S/C8H8N2O/c11-8-4-2-6-10(8)7-3-1-5-9-7/h1-5,9H,6H2. The molecule has 0 aliphatic carbocycles. The van der Waals surface area contributed by atoms with E-state index in [1.54, 1.807) is 17.2 Å². The van der Waals surface area contributed by atoms with E-state index in [1.807, 2.05) is 18.2 Å². The molecule has 2 heterocycles. The molecule has 0 fully saturated rings. The number of nitrogens with zero attached hydrogens (tertiary/aromatic N) is 1. The monoisotopic (exact) mass is 148 g/mol. The minimum atomic E-state index is 0.0486. The van der Waals surface area contributed by atoms with E-state index >= 15 is 0 Å². The second-order valence-corrected chi connectivity index (χ2v) is 2.41. The van der Waals surface area contributed by atoms with Gasteiger partial charge in [0.05, 0.1) is 0 Å². The third-order valence-corrected chi connectivity index (χ3v) is 1.69. The molecule has 0 bridgehead atoms. The maximum atomic E-state index is 11.1. The third-order valence-electron chi connectivity index (χ3n) is 1.69. The fourth-order valence-electron chi connectivity index (χ4n) is 1.14. The van der Waals surface area contributed by atoms with Crippen LogP contribution in [0.3, 0.4) is 0 Å². The summed E-state index contributed by atoms with van der Waals surface area (Å²) in [6.45, 7) is 0.680. The minimum Gasteiger partial charge on any atom is -0.348 e. The number of amides is 1. The molecule has 0 spiro atoms. The van der Waals surface area contributed by atoms with Crippen LogP contribution in [0.4, 0.5) is 5.82 Å². The predicted molar refractivity (Wildman–Crippen MR) is 42.3 cm³/mol. The average molecular weight is 148 g/mol. The van der Waals surface area contributed by atoms with Crippen molar-refractivity contribution in [2.45, 2.75) is 0 Å². The lowest BCUT2D eigenvalue weighted by molar-refractivity contribution is -0.113. The Morgan fingerprint density at radius 1 is 1.55 bits per heavy atom. The van der Waals surface area contributed by atoms with Crippen LogP contribution in [-0.4, -0.2) is 17.4 Å². The summed E-state index contributed by atoms with van der Waals surface area (Å²) in [5, 5.41) is 0. The molecule has 1 aromatic heterocycles. The van der Waals surface area contributed by atoms with Gasteiger partial charge < -0.3 is 4.98 Å². The summed E-state index contributed by atoms with van der Waals surface area (Å²) in [7, 11) is 0. The van der Waals surface area contributed by atoms with Gasteiger partial charge in [-0.2, -0.15) is 0 Å². The first-order valence-electron chi connectivity index (χ1n) is 3.49. The molecule has 3 nitrogen and oxygen atoms in total. The number of anilines is 1. The van der Waals surface area contributed by atoms with Crippen molar-refractivity contribution >= 4 is 11.7 Å². The zero-order chi connectivity index (χ0) is 7.68. The summed E-state index contributed by atoms with van der Waals surface area (Å²) in [5.41, 5.74) is 0. The number of carbonyl (C=O) groups is 1. The van der Waals surface area contributed by atoms with Gasteiger partial charge in [-0.25, -0.2) is 0 Å². The first-order chi connectivity index (χ1) is 5.38. The Bertz CT molecular complexity index is 287. The highest BCUT2D eigenvalue weighted by molar-refractivity contribution is 6.03. The molecule has 1 aliphatic rings. The number of aromatic amines is 1. The van der Waals surface area contributed by atoms with Gasteiger partial charge in [0.1, 0.15) is 5.82 Å². The molecule has 2 rings (SSSR count). The minimum absolute atomic E-state index is 0.0486. The van der Waals surface area contributed by atoms with Crippen LogP contribution in [0.2, 0.25) is 0 Å². The fourth-order valence-corrected chi connectivity index (χ4v) is 1.14. The molecule has 0 saturated carbocycles. The molecule has 0 radical (unpaired) electrons. The summed E-state index contributed by atoms with van der Waals surface area (Å²) in [5.74, 6) is 0.910. The van der Waals surface area contributed by atoms with Gasteiger partial charge in [-0.05, 0) is 12.1 Å². The van der Waals surface area contributed by atoms with Crippen molar-refractivity contribution in [3.8, 4) is 0 Å². The SMILES string of the molecule is O=C1C=CCN1c1ccc[nH]1. The fraction of sp³-hybridized carbons (Fsp3) is 0.125. The molecular weight excluding hydrogens is 140 g/mol. The van der Waals surface area contributed by atoms with Crippen LogP contribution < -0.4 is 4.90 Å². The Kier molecular flexibility index (Phi) is 1.28. The zero-order valence-corrected chi connectivity index (χ0v) is 5.95. The van der Waals surface area contributed by atoms with E-state index in [0.717, 1.165) is 5.82 Å². The van der Waals surface area contributed by atoms with Gasteiger partial charge in [-0.1, -0.05) is 6.08 Å². The molecule has 11 heavy (non-hydrogen) atoms. The molecule has 0 aromatic carbocycles. The number of hydrogen-bond donors (Lipinski definition) is 1. The van der Waals surface area contributed by atoms with Gasteiger partial charge in [0.25, 0.3) is 5.91 Å². The second-order valence-electron chi connectivity index (χ2n) is 2.41. The van der Waals surface area contributed by atoms with E-state index in [2.05, 4.69) is 4.98 Å². The van der Waals surface area contributed by atoms with Crippen molar-refractivity contribution in [2.24, 2.45) is 0 Å². The molecule has 0 saturated heterocycles. The van der Waals surface area contributed by atoms with E-state index in [1.165, 1.54) is 0 Å². The van der Waals surface area contributed by atoms with Gasteiger partial charge in [0.2, 0.25) is 0 Å². The Balaban J connectivity index is 2.26. The van der Waals surface area contributed by atoms with Gasteiger partial charge in [-0.3, -0.25) is 9.69 Å². The third kappa shape index (κ3) is 0.941. The Morgan fingerprint density at radius 2 is 2.45 bits per heavy atom. The van der Waals surface area contributed by atoms with Crippen LogP contribution in [-0.2, 0) is 4.79 Å². The van der Waals surface area contributed by atoms with Crippen LogP contribution in [0.25, 0.3) is 0 Å². The lowest BCUT2D eigenvalue weighted by Crippen LogP contribution is -2.24. The molecular formula is C8H8N2O.